The van der Waals surface area contributed by atoms with Gasteiger partial charge in [-0.15, -0.1) is 0 Å². The highest BCUT2D eigenvalue weighted by Crippen LogP contribution is 2.16. The Balaban J connectivity index is 1.84. The highest BCUT2D eigenvalue weighted by Gasteiger charge is 2.31. The molecule has 5 heteroatoms. The first kappa shape index (κ1) is 13.9. The van der Waals surface area contributed by atoms with Crippen molar-refractivity contribution in [1.29, 1.82) is 0 Å². The smallest absolute Gasteiger partial charge is 0.102 e. The SMILES string of the molecule is COCCOCCCNCC1(O)CCOC1. The zero-order valence-electron chi connectivity index (χ0n) is 10.0. The highest BCUT2D eigenvalue weighted by molar-refractivity contribution is 4.84. The normalized spacial score (nSPS) is 25.1. The minimum absolute atomic E-state index is 0.449. The Bertz CT molecular complexity index is 171. The van der Waals surface area contributed by atoms with Gasteiger partial charge in [0, 0.05) is 33.3 Å². The molecule has 0 amide bonds. The van der Waals surface area contributed by atoms with Crippen molar-refractivity contribution < 1.29 is 19.3 Å². The van der Waals surface area contributed by atoms with Gasteiger partial charge in [-0.25, -0.2) is 0 Å². The molecule has 0 radical (unpaired) electrons. The third-order valence-electron chi connectivity index (χ3n) is 2.61. The second-order valence-corrected chi connectivity index (χ2v) is 4.16. The second-order valence-electron chi connectivity index (χ2n) is 4.16. The molecule has 0 aromatic rings. The zero-order valence-corrected chi connectivity index (χ0v) is 10.0. The summed E-state index contributed by atoms with van der Waals surface area (Å²) in [7, 11) is 1.66. The number of hydrogen-bond donors (Lipinski definition) is 2. The van der Waals surface area contributed by atoms with Gasteiger partial charge in [-0.1, -0.05) is 0 Å². The van der Waals surface area contributed by atoms with Crippen LogP contribution in [-0.2, 0) is 14.2 Å². The maximum atomic E-state index is 9.93. The van der Waals surface area contributed by atoms with Gasteiger partial charge >= 0.3 is 0 Å². The fourth-order valence-electron chi connectivity index (χ4n) is 1.60. The van der Waals surface area contributed by atoms with Crippen LogP contribution in [0.3, 0.4) is 0 Å². The molecule has 0 bridgehead atoms. The van der Waals surface area contributed by atoms with Crippen LogP contribution in [0.25, 0.3) is 0 Å². The molecule has 1 aliphatic rings. The molecule has 1 saturated heterocycles. The molecule has 96 valence electrons. The second kappa shape index (κ2) is 7.97. The van der Waals surface area contributed by atoms with Crippen LogP contribution in [0.15, 0.2) is 0 Å². The fourth-order valence-corrected chi connectivity index (χ4v) is 1.60. The van der Waals surface area contributed by atoms with Crippen LogP contribution >= 0.6 is 0 Å². The summed E-state index contributed by atoms with van der Waals surface area (Å²) < 4.78 is 15.3. The summed E-state index contributed by atoms with van der Waals surface area (Å²) in [5.41, 5.74) is -0.656. The van der Waals surface area contributed by atoms with Crippen molar-refractivity contribution in [2.45, 2.75) is 18.4 Å². The Kier molecular flexibility index (Phi) is 6.91. The quantitative estimate of drug-likeness (QED) is 0.539. The predicted octanol–water partition coefficient (Wildman–Crippen LogP) is -0.219. The largest absolute Gasteiger partial charge is 0.386 e. The van der Waals surface area contributed by atoms with Gasteiger partial charge in [-0.2, -0.15) is 0 Å². The van der Waals surface area contributed by atoms with E-state index in [1.165, 1.54) is 0 Å². The first-order valence-corrected chi connectivity index (χ1v) is 5.84. The molecule has 0 aliphatic carbocycles. The monoisotopic (exact) mass is 233 g/mol. The summed E-state index contributed by atoms with van der Waals surface area (Å²) in [6.07, 6.45) is 1.67. The van der Waals surface area contributed by atoms with Gasteiger partial charge in [-0.05, 0) is 13.0 Å². The number of hydrogen-bond acceptors (Lipinski definition) is 5. The molecule has 16 heavy (non-hydrogen) atoms. The number of nitrogens with one attached hydrogen (secondary N) is 1. The highest BCUT2D eigenvalue weighted by atomic mass is 16.5. The maximum absolute atomic E-state index is 9.93. The van der Waals surface area contributed by atoms with E-state index in [4.69, 9.17) is 14.2 Å². The molecule has 0 spiro atoms. The molecule has 2 N–H and O–H groups in total. The van der Waals surface area contributed by atoms with Crippen LogP contribution in [-0.4, -0.2) is 63.9 Å². The molecule has 1 atom stereocenters. The fraction of sp³-hybridized carbons (Fsp3) is 1.00. The van der Waals surface area contributed by atoms with Crippen molar-refractivity contribution in [3.63, 3.8) is 0 Å². The van der Waals surface area contributed by atoms with Gasteiger partial charge in [0.1, 0.15) is 5.60 Å². The Morgan fingerprint density at radius 3 is 2.94 bits per heavy atom. The number of rotatable bonds is 9. The van der Waals surface area contributed by atoms with Crippen LogP contribution in [0.1, 0.15) is 12.8 Å². The third-order valence-corrected chi connectivity index (χ3v) is 2.61. The zero-order chi connectivity index (χ0) is 11.7. The standard InChI is InChI=1S/C11H23NO4/c1-14-7-8-15-5-2-4-12-9-11(13)3-6-16-10-11/h12-13H,2-10H2,1H3. The first-order chi connectivity index (χ1) is 7.77. The molecule has 1 rings (SSSR count). The van der Waals surface area contributed by atoms with Gasteiger partial charge in [0.25, 0.3) is 0 Å². The summed E-state index contributed by atoms with van der Waals surface area (Å²) >= 11 is 0. The van der Waals surface area contributed by atoms with E-state index in [0.717, 1.165) is 26.0 Å². The number of ether oxygens (including phenoxy) is 3. The Hall–Kier alpha value is -0.200. The summed E-state index contributed by atoms with van der Waals surface area (Å²) in [6, 6.07) is 0. The molecule has 1 heterocycles. The first-order valence-electron chi connectivity index (χ1n) is 5.84. The van der Waals surface area contributed by atoms with E-state index in [1.807, 2.05) is 0 Å². The van der Waals surface area contributed by atoms with Crippen molar-refractivity contribution in [2.24, 2.45) is 0 Å². The van der Waals surface area contributed by atoms with E-state index >= 15 is 0 Å². The van der Waals surface area contributed by atoms with Crippen LogP contribution in [0.5, 0.6) is 0 Å². The van der Waals surface area contributed by atoms with Gasteiger partial charge in [-0.3, -0.25) is 0 Å². The average molecular weight is 233 g/mol. The minimum Gasteiger partial charge on any atom is -0.386 e. The average Bonchev–Trinajstić information content (AvgIpc) is 2.70. The summed E-state index contributed by atoms with van der Waals surface area (Å²) in [5.74, 6) is 0. The maximum Gasteiger partial charge on any atom is 0.102 e. The Morgan fingerprint density at radius 2 is 2.25 bits per heavy atom. The van der Waals surface area contributed by atoms with Gasteiger partial charge < -0.3 is 24.6 Å². The molecular weight excluding hydrogens is 210 g/mol. The lowest BCUT2D eigenvalue weighted by Gasteiger charge is -2.20. The summed E-state index contributed by atoms with van der Waals surface area (Å²) in [5, 5.41) is 13.1. The van der Waals surface area contributed by atoms with E-state index in [1.54, 1.807) is 7.11 Å². The molecule has 1 unspecified atom stereocenters. The van der Waals surface area contributed by atoms with Gasteiger partial charge in [0.2, 0.25) is 0 Å². The minimum atomic E-state index is -0.656. The van der Waals surface area contributed by atoms with E-state index in [9.17, 15) is 5.11 Å². The lowest BCUT2D eigenvalue weighted by atomic mass is 10.0. The molecule has 0 aromatic heterocycles. The molecular formula is C11H23NO4. The van der Waals surface area contributed by atoms with Crippen molar-refractivity contribution in [1.82, 2.24) is 5.32 Å². The van der Waals surface area contributed by atoms with Crippen molar-refractivity contribution in [3.8, 4) is 0 Å². The van der Waals surface area contributed by atoms with Crippen LogP contribution in [0.2, 0.25) is 0 Å². The summed E-state index contributed by atoms with van der Waals surface area (Å²) in [4.78, 5) is 0. The molecule has 0 saturated carbocycles. The molecule has 1 aliphatic heterocycles. The van der Waals surface area contributed by atoms with E-state index in [2.05, 4.69) is 5.32 Å². The summed E-state index contributed by atoms with van der Waals surface area (Å²) in [6.45, 7) is 4.59. The van der Waals surface area contributed by atoms with Crippen LogP contribution in [0.4, 0.5) is 0 Å². The lowest BCUT2D eigenvalue weighted by Crippen LogP contribution is -2.41. The van der Waals surface area contributed by atoms with Crippen LogP contribution < -0.4 is 5.32 Å². The lowest BCUT2D eigenvalue weighted by molar-refractivity contribution is 0.0261. The Labute approximate surface area is 97.1 Å². The number of methoxy groups -OCH3 is 1. The van der Waals surface area contributed by atoms with E-state index in [0.29, 0.717) is 33.0 Å². The van der Waals surface area contributed by atoms with Crippen molar-refractivity contribution >= 4 is 0 Å². The third kappa shape index (κ3) is 5.77. The topological polar surface area (TPSA) is 60.0 Å². The molecule has 5 nitrogen and oxygen atoms in total. The van der Waals surface area contributed by atoms with Crippen molar-refractivity contribution in [2.75, 3.05) is 53.2 Å². The van der Waals surface area contributed by atoms with E-state index < -0.39 is 5.60 Å². The van der Waals surface area contributed by atoms with Gasteiger partial charge in [0.05, 0.1) is 19.8 Å². The van der Waals surface area contributed by atoms with Crippen molar-refractivity contribution in [3.05, 3.63) is 0 Å². The number of aliphatic hydroxyl groups is 1. The van der Waals surface area contributed by atoms with Gasteiger partial charge in [0.15, 0.2) is 0 Å². The molecule has 1 fully saturated rings. The molecule has 0 aromatic carbocycles. The Morgan fingerprint density at radius 1 is 1.38 bits per heavy atom. The predicted molar refractivity (Wildman–Crippen MR) is 60.6 cm³/mol. The van der Waals surface area contributed by atoms with Crippen LogP contribution in [0, 0.1) is 0 Å². The van der Waals surface area contributed by atoms with E-state index in [-0.39, 0.29) is 0 Å².